The van der Waals surface area contributed by atoms with E-state index in [1.165, 1.54) is 24.3 Å². The van der Waals surface area contributed by atoms with Gasteiger partial charge in [-0.1, -0.05) is 19.3 Å². The van der Waals surface area contributed by atoms with Crippen molar-refractivity contribution in [1.29, 1.82) is 0 Å². The summed E-state index contributed by atoms with van der Waals surface area (Å²) in [6.07, 6.45) is 4.25. The fourth-order valence-electron chi connectivity index (χ4n) is 3.34. The smallest absolute Gasteiger partial charge is 0.325 e. The third kappa shape index (κ3) is 3.25. The largest absolute Gasteiger partial charge is 0.326 e. The average molecular weight is 333 g/mol. The van der Waals surface area contributed by atoms with E-state index in [1.54, 1.807) is 0 Å². The summed E-state index contributed by atoms with van der Waals surface area (Å²) < 4.78 is 12.8. The van der Waals surface area contributed by atoms with Crippen molar-refractivity contribution >= 4 is 23.5 Å². The zero-order valence-electron chi connectivity index (χ0n) is 13.3. The molecule has 1 heterocycles. The molecule has 2 N–H and O–H groups in total. The fraction of sp³-hybridized carbons (Fsp3) is 0.471. The van der Waals surface area contributed by atoms with Gasteiger partial charge in [0, 0.05) is 18.7 Å². The Morgan fingerprint density at radius 3 is 2.50 bits per heavy atom. The van der Waals surface area contributed by atoms with Gasteiger partial charge in [-0.3, -0.25) is 14.5 Å². The minimum Gasteiger partial charge on any atom is -0.326 e. The summed E-state index contributed by atoms with van der Waals surface area (Å²) in [5, 5.41) is 5.43. The quantitative estimate of drug-likeness (QED) is 0.831. The van der Waals surface area contributed by atoms with Crippen molar-refractivity contribution in [1.82, 2.24) is 10.2 Å². The van der Waals surface area contributed by atoms with E-state index in [4.69, 9.17) is 0 Å². The molecule has 1 aliphatic heterocycles. The van der Waals surface area contributed by atoms with Gasteiger partial charge in [0.15, 0.2) is 0 Å². The van der Waals surface area contributed by atoms with Crippen molar-refractivity contribution in [2.75, 3.05) is 11.9 Å². The predicted molar refractivity (Wildman–Crippen MR) is 85.7 cm³/mol. The molecule has 6 nitrogen and oxygen atoms in total. The molecule has 1 saturated carbocycles. The summed E-state index contributed by atoms with van der Waals surface area (Å²) in [5.41, 5.74) is -0.287. The number of anilines is 1. The van der Waals surface area contributed by atoms with Gasteiger partial charge in [0.25, 0.3) is 5.91 Å². The van der Waals surface area contributed by atoms with Crippen molar-refractivity contribution in [3.05, 3.63) is 30.1 Å². The Balaban J connectivity index is 1.56. The average Bonchev–Trinajstić information content (AvgIpc) is 2.79. The van der Waals surface area contributed by atoms with Crippen LogP contribution in [0.1, 0.15) is 38.5 Å². The molecule has 0 aromatic heterocycles. The zero-order chi connectivity index (χ0) is 17.2. The highest BCUT2D eigenvalue weighted by Gasteiger charge is 2.50. The van der Waals surface area contributed by atoms with Gasteiger partial charge in [-0.15, -0.1) is 0 Å². The molecule has 2 aliphatic rings. The third-order valence-corrected chi connectivity index (χ3v) is 4.64. The lowest BCUT2D eigenvalue weighted by Gasteiger charge is -2.30. The summed E-state index contributed by atoms with van der Waals surface area (Å²) in [5.74, 6) is -0.932. The number of carbonyl (C=O) groups excluding carboxylic acids is 3. The number of urea groups is 1. The summed E-state index contributed by atoms with van der Waals surface area (Å²) in [6.45, 7) is 0.0411. The highest BCUT2D eigenvalue weighted by molar-refractivity contribution is 6.07. The third-order valence-electron chi connectivity index (χ3n) is 4.64. The van der Waals surface area contributed by atoms with Crippen LogP contribution in [0.15, 0.2) is 24.3 Å². The van der Waals surface area contributed by atoms with Crippen molar-refractivity contribution in [2.45, 2.75) is 44.1 Å². The first-order chi connectivity index (χ1) is 11.5. The summed E-state index contributed by atoms with van der Waals surface area (Å²) >= 11 is 0. The van der Waals surface area contributed by atoms with Gasteiger partial charge >= 0.3 is 6.03 Å². The molecular weight excluding hydrogens is 313 g/mol. The second kappa shape index (κ2) is 6.59. The van der Waals surface area contributed by atoms with Crippen molar-refractivity contribution in [2.24, 2.45) is 0 Å². The van der Waals surface area contributed by atoms with E-state index >= 15 is 0 Å². The first kappa shape index (κ1) is 16.4. The number of imide groups is 1. The maximum atomic E-state index is 12.8. The molecule has 0 atom stereocenters. The molecule has 0 bridgehead atoms. The van der Waals surface area contributed by atoms with E-state index in [9.17, 15) is 18.8 Å². The van der Waals surface area contributed by atoms with Gasteiger partial charge in [-0.25, -0.2) is 9.18 Å². The standard InChI is InChI=1S/C17H20FN3O3/c18-12-4-6-13(7-5-12)19-14(22)8-11-21-15(23)17(20-16(21)24)9-2-1-3-10-17/h4-7H,1-3,8-11H2,(H,19,22)(H,20,24). The number of halogens is 1. The normalized spacial score (nSPS) is 19.5. The first-order valence-electron chi connectivity index (χ1n) is 8.20. The summed E-state index contributed by atoms with van der Waals surface area (Å²) in [6, 6.07) is 4.99. The monoisotopic (exact) mass is 333 g/mol. The van der Waals surface area contributed by atoms with Crippen LogP contribution in [0.25, 0.3) is 0 Å². The Bertz CT molecular complexity index is 654. The van der Waals surface area contributed by atoms with Crippen LogP contribution in [0, 0.1) is 5.82 Å². The predicted octanol–water partition coefficient (Wildman–Crippen LogP) is 2.41. The SMILES string of the molecule is O=C(CCN1C(=O)NC2(CCCCC2)C1=O)Nc1ccc(F)cc1. The van der Waals surface area contributed by atoms with E-state index in [-0.39, 0.29) is 30.6 Å². The molecule has 0 radical (unpaired) electrons. The molecule has 128 valence electrons. The van der Waals surface area contributed by atoms with Crippen molar-refractivity contribution in [3.8, 4) is 0 Å². The lowest BCUT2D eigenvalue weighted by atomic mass is 9.82. The number of rotatable bonds is 4. The molecule has 3 rings (SSSR count). The van der Waals surface area contributed by atoms with E-state index < -0.39 is 11.6 Å². The Morgan fingerprint density at radius 2 is 1.83 bits per heavy atom. The number of hydrogen-bond acceptors (Lipinski definition) is 3. The molecule has 4 amide bonds. The Hall–Kier alpha value is -2.44. The van der Waals surface area contributed by atoms with Gasteiger partial charge in [0.1, 0.15) is 11.4 Å². The van der Waals surface area contributed by atoms with Crippen LogP contribution in [0.4, 0.5) is 14.9 Å². The van der Waals surface area contributed by atoms with Crippen LogP contribution in [-0.2, 0) is 9.59 Å². The number of nitrogens with zero attached hydrogens (tertiary/aromatic N) is 1. The highest BCUT2D eigenvalue weighted by Crippen LogP contribution is 2.33. The van der Waals surface area contributed by atoms with Crippen LogP contribution < -0.4 is 10.6 Å². The number of hydrogen-bond donors (Lipinski definition) is 2. The van der Waals surface area contributed by atoms with Gasteiger partial charge < -0.3 is 10.6 Å². The van der Waals surface area contributed by atoms with Crippen LogP contribution in [0.2, 0.25) is 0 Å². The number of nitrogens with one attached hydrogen (secondary N) is 2. The second-order valence-electron chi connectivity index (χ2n) is 6.33. The lowest BCUT2D eigenvalue weighted by molar-refractivity contribution is -0.132. The molecule has 1 aromatic carbocycles. The van der Waals surface area contributed by atoms with E-state index in [0.717, 1.165) is 24.2 Å². The van der Waals surface area contributed by atoms with Crippen molar-refractivity contribution in [3.63, 3.8) is 0 Å². The van der Waals surface area contributed by atoms with Crippen LogP contribution >= 0.6 is 0 Å². The van der Waals surface area contributed by atoms with Crippen LogP contribution in [-0.4, -0.2) is 34.8 Å². The summed E-state index contributed by atoms with van der Waals surface area (Å²) in [4.78, 5) is 37.8. The molecule has 1 spiro atoms. The Morgan fingerprint density at radius 1 is 1.17 bits per heavy atom. The van der Waals surface area contributed by atoms with Crippen molar-refractivity contribution < 1.29 is 18.8 Å². The van der Waals surface area contributed by atoms with E-state index in [1.807, 2.05) is 0 Å². The molecular formula is C17H20FN3O3. The zero-order valence-corrected chi connectivity index (χ0v) is 13.3. The Kier molecular flexibility index (Phi) is 4.51. The minimum atomic E-state index is -0.761. The summed E-state index contributed by atoms with van der Waals surface area (Å²) in [7, 11) is 0. The topological polar surface area (TPSA) is 78.5 Å². The minimum absolute atomic E-state index is 0.00656. The van der Waals surface area contributed by atoms with Crippen LogP contribution in [0.3, 0.4) is 0 Å². The lowest BCUT2D eigenvalue weighted by Crippen LogP contribution is -2.48. The van der Waals surface area contributed by atoms with E-state index in [0.29, 0.717) is 18.5 Å². The molecule has 24 heavy (non-hydrogen) atoms. The molecule has 7 heteroatoms. The molecule has 2 fully saturated rings. The van der Waals surface area contributed by atoms with Gasteiger partial charge in [-0.2, -0.15) is 0 Å². The second-order valence-corrected chi connectivity index (χ2v) is 6.33. The van der Waals surface area contributed by atoms with Gasteiger partial charge in [0.05, 0.1) is 0 Å². The number of carbonyl (C=O) groups is 3. The fourth-order valence-corrected chi connectivity index (χ4v) is 3.34. The van der Waals surface area contributed by atoms with Gasteiger partial charge in [-0.05, 0) is 37.1 Å². The number of amides is 4. The molecule has 0 unspecified atom stereocenters. The van der Waals surface area contributed by atoms with Crippen LogP contribution in [0.5, 0.6) is 0 Å². The highest BCUT2D eigenvalue weighted by atomic mass is 19.1. The van der Waals surface area contributed by atoms with E-state index in [2.05, 4.69) is 10.6 Å². The molecule has 1 aliphatic carbocycles. The Labute approximate surface area is 139 Å². The number of benzene rings is 1. The molecule has 1 aromatic rings. The molecule has 1 saturated heterocycles. The first-order valence-corrected chi connectivity index (χ1v) is 8.20. The maximum Gasteiger partial charge on any atom is 0.325 e. The maximum absolute atomic E-state index is 12.8. The van der Waals surface area contributed by atoms with Gasteiger partial charge in [0.2, 0.25) is 5.91 Å².